The van der Waals surface area contributed by atoms with Crippen molar-refractivity contribution in [2.24, 2.45) is 5.10 Å². The first-order valence-corrected chi connectivity index (χ1v) is 6.92. The smallest absolute Gasteiger partial charge is 0.240 e. The molecule has 0 radical (unpaired) electrons. The Kier molecular flexibility index (Phi) is 4.83. The molecule has 3 N–H and O–H groups in total. The van der Waals surface area contributed by atoms with Crippen LogP contribution in [0, 0.1) is 0 Å². The molecule has 0 bridgehead atoms. The third kappa shape index (κ3) is 3.64. The third-order valence-electron chi connectivity index (χ3n) is 2.35. The fraction of sp³-hybridized carbons (Fsp3) is 0.250. The zero-order valence-corrected chi connectivity index (χ0v) is 11.9. The Balaban J connectivity index is 2.02. The Morgan fingerprint density at radius 2 is 2.40 bits per heavy atom. The quantitative estimate of drug-likeness (QED) is 0.429. The van der Waals surface area contributed by atoms with Crippen LogP contribution in [0.2, 0.25) is 0 Å². The number of hydrazone groups is 1. The molecule has 0 aliphatic rings. The lowest BCUT2D eigenvalue weighted by Crippen LogP contribution is -1.93. The van der Waals surface area contributed by atoms with E-state index in [4.69, 9.17) is 4.74 Å². The average molecular weight is 293 g/mol. The highest BCUT2D eigenvalue weighted by Gasteiger charge is 2.02. The standard InChI is InChI=1S/C12H15N5O2S/c1-3-20-12-14-11(16-17-12)15-13-7-8-6-9(19-2)4-5-10(8)18/h4-7,18H,3H2,1-2H3,(H2,14,15,16,17)/b13-7+. The summed E-state index contributed by atoms with van der Waals surface area (Å²) in [6, 6.07) is 4.90. The zero-order valence-electron chi connectivity index (χ0n) is 11.1. The van der Waals surface area contributed by atoms with Gasteiger partial charge in [-0.25, -0.2) is 10.5 Å². The Morgan fingerprint density at radius 3 is 3.15 bits per heavy atom. The number of hydrogen-bond acceptors (Lipinski definition) is 7. The van der Waals surface area contributed by atoms with Gasteiger partial charge in [0.05, 0.1) is 13.3 Å². The zero-order chi connectivity index (χ0) is 14.4. The topological polar surface area (TPSA) is 95.4 Å². The number of nitrogens with one attached hydrogen (secondary N) is 2. The number of aromatic amines is 1. The van der Waals surface area contributed by atoms with Crippen LogP contribution in [0.25, 0.3) is 0 Å². The maximum absolute atomic E-state index is 9.69. The van der Waals surface area contributed by atoms with E-state index in [1.54, 1.807) is 25.3 Å². The second-order valence-electron chi connectivity index (χ2n) is 3.69. The predicted octanol–water partition coefficient (Wildman–Crippen LogP) is 2.08. The highest BCUT2D eigenvalue weighted by molar-refractivity contribution is 7.99. The molecule has 0 amide bonds. The van der Waals surface area contributed by atoms with Gasteiger partial charge in [-0.1, -0.05) is 18.7 Å². The lowest BCUT2D eigenvalue weighted by Gasteiger charge is -2.02. The molecule has 20 heavy (non-hydrogen) atoms. The number of H-pyrrole nitrogens is 1. The lowest BCUT2D eigenvalue weighted by molar-refractivity contribution is 0.412. The molecule has 1 heterocycles. The van der Waals surface area contributed by atoms with E-state index in [0.29, 0.717) is 22.4 Å². The fourth-order valence-electron chi connectivity index (χ4n) is 1.42. The first-order valence-electron chi connectivity index (χ1n) is 5.94. The van der Waals surface area contributed by atoms with Gasteiger partial charge >= 0.3 is 0 Å². The van der Waals surface area contributed by atoms with E-state index in [2.05, 4.69) is 25.7 Å². The van der Waals surface area contributed by atoms with Crippen LogP contribution < -0.4 is 10.2 Å². The number of anilines is 1. The molecule has 8 heteroatoms. The van der Waals surface area contributed by atoms with E-state index in [-0.39, 0.29) is 5.75 Å². The van der Waals surface area contributed by atoms with Gasteiger partial charge in [0.15, 0.2) is 0 Å². The van der Waals surface area contributed by atoms with Crippen molar-refractivity contribution in [3.8, 4) is 11.5 Å². The van der Waals surface area contributed by atoms with Gasteiger partial charge in [0.2, 0.25) is 11.1 Å². The largest absolute Gasteiger partial charge is 0.507 e. The normalized spacial score (nSPS) is 10.9. The highest BCUT2D eigenvalue weighted by atomic mass is 32.2. The summed E-state index contributed by atoms with van der Waals surface area (Å²) >= 11 is 1.53. The van der Waals surface area contributed by atoms with Crippen LogP contribution in [0.1, 0.15) is 12.5 Å². The van der Waals surface area contributed by atoms with Crippen LogP contribution in [0.15, 0.2) is 28.5 Å². The summed E-state index contributed by atoms with van der Waals surface area (Å²) in [5.41, 5.74) is 3.25. The molecule has 2 rings (SSSR count). The minimum atomic E-state index is 0.121. The minimum absolute atomic E-state index is 0.121. The van der Waals surface area contributed by atoms with Crippen LogP contribution in [-0.4, -0.2) is 39.4 Å². The molecule has 0 spiro atoms. The van der Waals surface area contributed by atoms with Crippen LogP contribution >= 0.6 is 11.8 Å². The van der Waals surface area contributed by atoms with E-state index in [1.807, 2.05) is 6.92 Å². The Bertz CT molecular complexity index is 599. The summed E-state index contributed by atoms with van der Waals surface area (Å²) in [5, 5.41) is 21.1. The lowest BCUT2D eigenvalue weighted by atomic mass is 10.2. The second-order valence-corrected chi connectivity index (χ2v) is 4.93. The number of benzene rings is 1. The number of phenolic OH excluding ortho intramolecular Hbond substituents is 1. The molecule has 0 atom stereocenters. The number of aromatic hydroxyl groups is 1. The molecular formula is C12H15N5O2S. The van der Waals surface area contributed by atoms with Gasteiger partial charge < -0.3 is 9.84 Å². The number of ether oxygens (including phenoxy) is 1. The van der Waals surface area contributed by atoms with Gasteiger partial charge in [-0.3, -0.25) is 0 Å². The van der Waals surface area contributed by atoms with Crippen LogP contribution in [0.5, 0.6) is 11.5 Å². The maximum atomic E-state index is 9.69. The van der Waals surface area contributed by atoms with Crippen LogP contribution in [0.3, 0.4) is 0 Å². The fourth-order valence-corrected chi connectivity index (χ4v) is 1.94. The molecule has 0 saturated heterocycles. The third-order valence-corrected chi connectivity index (χ3v) is 3.08. The summed E-state index contributed by atoms with van der Waals surface area (Å²) in [5.74, 6) is 2.11. The van der Waals surface area contributed by atoms with E-state index in [9.17, 15) is 5.11 Å². The predicted molar refractivity (Wildman–Crippen MR) is 78.7 cm³/mol. The molecule has 0 aliphatic heterocycles. The van der Waals surface area contributed by atoms with Crippen LogP contribution in [-0.2, 0) is 0 Å². The van der Waals surface area contributed by atoms with Crippen molar-refractivity contribution in [2.75, 3.05) is 18.3 Å². The highest BCUT2D eigenvalue weighted by Crippen LogP contribution is 2.21. The summed E-state index contributed by atoms with van der Waals surface area (Å²) in [4.78, 5) is 4.17. The van der Waals surface area contributed by atoms with Crippen molar-refractivity contribution in [1.29, 1.82) is 0 Å². The summed E-state index contributed by atoms with van der Waals surface area (Å²) in [6.07, 6.45) is 1.48. The van der Waals surface area contributed by atoms with Gasteiger partial charge in [-0.05, 0) is 24.0 Å². The molecule has 106 valence electrons. The second kappa shape index (κ2) is 6.80. The average Bonchev–Trinajstić information content (AvgIpc) is 2.89. The van der Waals surface area contributed by atoms with Crippen molar-refractivity contribution >= 4 is 23.9 Å². The van der Waals surface area contributed by atoms with Crippen molar-refractivity contribution in [1.82, 2.24) is 15.2 Å². The molecule has 2 aromatic rings. The van der Waals surface area contributed by atoms with Gasteiger partial charge in [-0.15, -0.1) is 5.10 Å². The number of thioether (sulfide) groups is 1. The first-order chi connectivity index (χ1) is 9.72. The molecule has 0 fully saturated rings. The van der Waals surface area contributed by atoms with E-state index >= 15 is 0 Å². The molecular weight excluding hydrogens is 278 g/mol. The van der Waals surface area contributed by atoms with Crippen LogP contribution in [0.4, 0.5) is 5.95 Å². The molecule has 0 unspecified atom stereocenters. The van der Waals surface area contributed by atoms with Gasteiger partial charge in [-0.2, -0.15) is 10.1 Å². The molecule has 0 saturated carbocycles. The number of hydrogen-bond donors (Lipinski definition) is 3. The van der Waals surface area contributed by atoms with Crippen molar-refractivity contribution in [3.05, 3.63) is 23.8 Å². The van der Waals surface area contributed by atoms with Gasteiger partial charge in [0.25, 0.3) is 0 Å². The van der Waals surface area contributed by atoms with E-state index in [1.165, 1.54) is 18.0 Å². The summed E-state index contributed by atoms with van der Waals surface area (Å²) in [6.45, 7) is 2.03. The maximum Gasteiger partial charge on any atom is 0.240 e. The van der Waals surface area contributed by atoms with Crippen molar-refractivity contribution < 1.29 is 9.84 Å². The number of methoxy groups -OCH3 is 1. The SMILES string of the molecule is CCSc1n[nH]c(N/N=C/c2cc(OC)ccc2O)n1. The summed E-state index contributed by atoms with van der Waals surface area (Å²) < 4.78 is 5.08. The number of nitrogens with zero attached hydrogens (tertiary/aromatic N) is 3. The molecule has 1 aromatic carbocycles. The summed E-state index contributed by atoms with van der Waals surface area (Å²) in [7, 11) is 1.56. The van der Waals surface area contributed by atoms with Crippen molar-refractivity contribution in [2.45, 2.75) is 12.1 Å². The number of rotatable bonds is 6. The van der Waals surface area contributed by atoms with Crippen molar-refractivity contribution in [3.63, 3.8) is 0 Å². The number of phenols is 1. The Labute approximate surface area is 120 Å². The van der Waals surface area contributed by atoms with Gasteiger partial charge in [0, 0.05) is 5.56 Å². The molecule has 0 aliphatic carbocycles. The van der Waals surface area contributed by atoms with E-state index in [0.717, 1.165) is 5.75 Å². The Morgan fingerprint density at radius 1 is 1.55 bits per heavy atom. The van der Waals surface area contributed by atoms with E-state index < -0.39 is 0 Å². The monoisotopic (exact) mass is 293 g/mol. The number of aromatic nitrogens is 3. The Hall–Kier alpha value is -2.22. The first kappa shape index (κ1) is 14.2. The molecule has 7 nitrogen and oxygen atoms in total. The van der Waals surface area contributed by atoms with Gasteiger partial charge in [0.1, 0.15) is 11.5 Å². The molecule has 1 aromatic heterocycles. The minimum Gasteiger partial charge on any atom is -0.507 e.